The van der Waals surface area contributed by atoms with Crippen molar-refractivity contribution in [3.8, 4) is 17.2 Å². The molecule has 4 amide bonds. The monoisotopic (exact) mass is 631 g/mol. The van der Waals surface area contributed by atoms with Crippen molar-refractivity contribution >= 4 is 35.5 Å². The maximum atomic E-state index is 14.0. The molecule has 238 valence electrons. The number of carbonyl (C=O) groups is 3. The smallest absolute Gasteiger partial charge is 0.439 e. The van der Waals surface area contributed by atoms with Crippen molar-refractivity contribution in [2.24, 2.45) is 0 Å². The van der Waals surface area contributed by atoms with Crippen molar-refractivity contribution in [1.82, 2.24) is 15.0 Å². The van der Waals surface area contributed by atoms with Gasteiger partial charge in [-0.25, -0.2) is 28.7 Å². The highest BCUT2D eigenvalue weighted by Crippen LogP contribution is 2.32. The lowest BCUT2D eigenvalue weighted by molar-refractivity contribution is -0.137. The quantitative estimate of drug-likeness (QED) is 0.194. The Morgan fingerprint density at radius 3 is 2.02 bits per heavy atom. The van der Waals surface area contributed by atoms with Crippen LogP contribution in [0.5, 0.6) is 0 Å². The van der Waals surface area contributed by atoms with Crippen molar-refractivity contribution in [3.63, 3.8) is 0 Å². The number of urea groups is 1. The van der Waals surface area contributed by atoms with E-state index in [1.165, 1.54) is 30.6 Å². The summed E-state index contributed by atoms with van der Waals surface area (Å²) in [6.45, 7) is 9.56. The summed E-state index contributed by atoms with van der Waals surface area (Å²) in [5.74, 6) is -1.34. The molecule has 0 bridgehead atoms. The van der Waals surface area contributed by atoms with Crippen LogP contribution in [0.1, 0.15) is 52.7 Å². The van der Waals surface area contributed by atoms with Crippen LogP contribution in [-0.2, 0) is 15.7 Å². The molecule has 45 heavy (non-hydrogen) atoms. The first-order chi connectivity index (χ1) is 20.8. The first kappa shape index (κ1) is 34.0. The minimum atomic E-state index is -4.74. The van der Waals surface area contributed by atoms with Gasteiger partial charge in [-0.1, -0.05) is 0 Å². The molecule has 0 saturated heterocycles. The summed E-state index contributed by atoms with van der Waals surface area (Å²) >= 11 is 0. The van der Waals surface area contributed by atoms with Gasteiger partial charge < -0.3 is 14.8 Å². The molecule has 3 rings (SSSR count). The van der Waals surface area contributed by atoms with Crippen LogP contribution >= 0.6 is 0 Å². The molecule has 0 saturated carbocycles. The van der Waals surface area contributed by atoms with Crippen molar-refractivity contribution in [3.05, 3.63) is 65.7 Å². The van der Waals surface area contributed by atoms with E-state index in [1.807, 2.05) is 11.4 Å². The van der Waals surface area contributed by atoms with E-state index < -0.39 is 52.7 Å². The Morgan fingerprint density at radius 1 is 0.889 bits per heavy atom. The maximum absolute atomic E-state index is 14.0. The third-order valence-electron chi connectivity index (χ3n) is 5.29. The van der Waals surface area contributed by atoms with Crippen LogP contribution in [0.3, 0.4) is 0 Å². The summed E-state index contributed by atoms with van der Waals surface area (Å²) < 4.78 is 63.5. The fourth-order valence-corrected chi connectivity index (χ4v) is 3.48. The Kier molecular flexibility index (Phi) is 9.86. The van der Waals surface area contributed by atoms with Gasteiger partial charge in [0.25, 0.3) is 0 Å². The van der Waals surface area contributed by atoms with Gasteiger partial charge in [-0.2, -0.15) is 18.4 Å². The SMILES string of the molecule is CC(C)(C)OC(=O)N(Nc1nccc(-c2ccc(NC(=O)Nc3cc(C(F)(F)F)ccc3F)nc2)c1C#N)C(=O)OC(C)(C)C. The number of hydrogen-bond acceptors (Lipinski definition) is 9. The van der Waals surface area contributed by atoms with Gasteiger partial charge in [0.05, 0.1) is 11.3 Å². The number of pyridine rings is 2. The zero-order valence-electron chi connectivity index (χ0n) is 25.0. The van der Waals surface area contributed by atoms with Crippen LogP contribution in [0.15, 0.2) is 48.8 Å². The van der Waals surface area contributed by atoms with Crippen LogP contribution in [0.25, 0.3) is 11.1 Å². The summed E-state index contributed by atoms with van der Waals surface area (Å²) in [7, 11) is 0. The van der Waals surface area contributed by atoms with E-state index in [4.69, 9.17) is 9.47 Å². The number of nitrogens with zero attached hydrogens (tertiary/aromatic N) is 4. The van der Waals surface area contributed by atoms with Gasteiger partial charge >= 0.3 is 24.4 Å². The molecule has 0 aliphatic carbocycles. The lowest BCUT2D eigenvalue weighted by atomic mass is 10.0. The molecule has 0 atom stereocenters. The number of benzene rings is 1. The van der Waals surface area contributed by atoms with Gasteiger partial charge in [0, 0.05) is 23.5 Å². The molecule has 0 unspecified atom stereocenters. The fourth-order valence-electron chi connectivity index (χ4n) is 3.48. The highest BCUT2D eigenvalue weighted by Gasteiger charge is 2.33. The van der Waals surface area contributed by atoms with Crippen LogP contribution in [-0.4, -0.2) is 44.4 Å². The molecule has 0 aliphatic rings. The number of hydrogen-bond donors (Lipinski definition) is 3. The molecule has 0 aliphatic heterocycles. The van der Waals surface area contributed by atoms with E-state index in [2.05, 4.69) is 20.7 Å². The molecule has 12 nitrogen and oxygen atoms in total. The van der Waals surface area contributed by atoms with Gasteiger partial charge in [-0.3, -0.25) is 10.7 Å². The Balaban J connectivity index is 1.84. The second-order valence-corrected chi connectivity index (χ2v) is 11.3. The maximum Gasteiger partial charge on any atom is 0.439 e. The third-order valence-corrected chi connectivity index (χ3v) is 5.29. The van der Waals surface area contributed by atoms with Crippen LogP contribution in [0, 0.1) is 17.1 Å². The molecule has 16 heteroatoms. The Hall–Kier alpha value is -5.46. The number of imide groups is 1. The lowest BCUT2D eigenvalue weighted by Gasteiger charge is -2.29. The number of nitrogens with one attached hydrogen (secondary N) is 3. The topological polar surface area (TPSA) is 159 Å². The number of carbonyl (C=O) groups excluding carboxylic acids is 3. The van der Waals surface area contributed by atoms with Crippen LogP contribution < -0.4 is 16.1 Å². The zero-order valence-corrected chi connectivity index (χ0v) is 25.0. The van der Waals surface area contributed by atoms with Gasteiger partial charge in [-0.15, -0.1) is 5.01 Å². The minimum Gasteiger partial charge on any atom is -0.442 e. The first-order valence-corrected chi connectivity index (χ1v) is 13.1. The van der Waals surface area contributed by atoms with Crippen molar-refractivity contribution in [1.29, 1.82) is 5.26 Å². The van der Waals surface area contributed by atoms with Crippen molar-refractivity contribution < 1.29 is 41.4 Å². The number of aromatic nitrogens is 2. The average molecular weight is 632 g/mol. The molecule has 0 spiro atoms. The third kappa shape index (κ3) is 9.51. The summed E-state index contributed by atoms with van der Waals surface area (Å²) in [6.07, 6.45) is -4.42. The Morgan fingerprint density at radius 2 is 1.51 bits per heavy atom. The van der Waals surface area contributed by atoms with Crippen molar-refractivity contribution in [2.75, 3.05) is 16.1 Å². The van der Waals surface area contributed by atoms with E-state index in [0.29, 0.717) is 28.8 Å². The fraction of sp³-hybridized carbons (Fsp3) is 0.310. The Labute approximate surface area is 255 Å². The van der Waals surface area contributed by atoms with E-state index in [0.717, 1.165) is 0 Å². The number of rotatable bonds is 5. The molecule has 0 fully saturated rings. The number of hydrazine groups is 1. The second kappa shape index (κ2) is 13.0. The Bertz CT molecular complexity index is 1600. The number of halogens is 4. The number of alkyl halides is 3. The summed E-state index contributed by atoms with van der Waals surface area (Å²) in [6, 6.07) is 6.70. The average Bonchev–Trinajstić information content (AvgIpc) is 2.90. The first-order valence-electron chi connectivity index (χ1n) is 13.1. The van der Waals surface area contributed by atoms with E-state index in [1.54, 1.807) is 41.5 Å². The minimum absolute atomic E-state index is 0.0597. The predicted molar refractivity (Wildman–Crippen MR) is 154 cm³/mol. The summed E-state index contributed by atoms with van der Waals surface area (Å²) in [4.78, 5) is 46.2. The molecule has 2 heterocycles. The van der Waals surface area contributed by atoms with E-state index >= 15 is 0 Å². The largest absolute Gasteiger partial charge is 0.442 e. The molecular weight excluding hydrogens is 602 g/mol. The summed E-state index contributed by atoms with van der Waals surface area (Å²) in [5.41, 5.74) is -0.809. The molecular formula is C29H29F4N7O5. The molecule has 0 radical (unpaired) electrons. The van der Waals surface area contributed by atoms with E-state index in [-0.39, 0.29) is 22.8 Å². The normalized spacial score (nSPS) is 11.6. The second-order valence-electron chi connectivity index (χ2n) is 11.3. The molecule has 2 aromatic heterocycles. The van der Waals surface area contributed by atoms with Crippen LogP contribution in [0.4, 0.5) is 49.3 Å². The number of ether oxygens (including phenoxy) is 2. The predicted octanol–water partition coefficient (Wildman–Crippen LogP) is 7.32. The van der Waals surface area contributed by atoms with Gasteiger partial charge in [0.1, 0.15) is 34.5 Å². The van der Waals surface area contributed by atoms with Crippen molar-refractivity contribution in [2.45, 2.75) is 58.9 Å². The molecule has 3 aromatic rings. The molecule has 1 aromatic carbocycles. The number of amides is 4. The van der Waals surface area contributed by atoms with Gasteiger partial charge in [0.2, 0.25) is 0 Å². The number of anilines is 3. The standard InChI is InChI=1S/C29H29F4N7O5/c1-27(2,3)44-25(42)40(26(43)45-28(4,5)6)39-23-19(14-34)18(11-12-35-23)16-7-10-22(36-15-16)38-24(41)37-21-13-17(29(31,32)33)8-9-20(21)30/h7-13,15H,1-6H3,(H,35,39)(H2,36,37,38,41). The van der Waals surface area contributed by atoms with E-state index in [9.17, 15) is 37.2 Å². The highest BCUT2D eigenvalue weighted by atomic mass is 19.4. The number of nitriles is 1. The highest BCUT2D eigenvalue weighted by molar-refractivity contribution is 5.99. The summed E-state index contributed by atoms with van der Waals surface area (Å²) in [5, 5.41) is 14.7. The van der Waals surface area contributed by atoms with Crippen LogP contribution in [0.2, 0.25) is 0 Å². The lowest BCUT2D eigenvalue weighted by Crippen LogP contribution is -2.47. The van der Waals surface area contributed by atoms with Gasteiger partial charge in [0.15, 0.2) is 5.82 Å². The zero-order chi connectivity index (χ0) is 33.7. The van der Waals surface area contributed by atoms with Gasteiger partial charge in [-0.05, 0) is 77.9 Å². The molecule has 3 N–H and O–H groups in total.